The molecule has 0 radical (unpaired) electrons. The summed E-state index contributed by atoms with van der Waals surface area (Å²) < 4.78 is 17.1. The van der Waals surface area contributed by atoms with Gasteiger partial charge in [0, 0.05) is 6.42 Å². The van der Waals surface area contributed by atoms with Gasteiger partial charge in [0.05, 0.1) is 5.39 Å². The molecule has 2 aromatic heterocycles. The normalized spacial score (nSPS) is 11.2. The molecule has 124 valence electrons. The number of hydrogen-bond acceptors (Lipinski definition) is 5. The number of hydrogen-bond donors (Lipinski definition) is 0. The van der Waals surface area contributed by atoms with E-state index in [0.29, 0.717) is 21.4 Å². The quantitative estimate of drug-likeness (QED) is 0.600. The van der Waals surface area contributed by atoms with Crippen LogP contribution in [0.3, 0.4) is 0 Å². The monoisotopic (exact) mass is 390 g/mol. The molecule has 24 heavy (non-hydrogen) atoms. The maximum Gasteiger partial charge on any atom is 0.311 e. The number of benzene rings is 1. The van der Waals surface area contributed by atoms with E-state index in [9.17, 15) is 9.59 Å². The van der Waals surface area contributed by atoms with Gasteiger partial charge >= 0.3 is 5.97 Å². The van der Waals surface area contributed by atoms with Crippen molar-refractivity contribution in [3.8, 4) is 17.3 Å². The third-order valence-corrected chi connectivity index (χ3v) is 3.77. The van der Waals surface area contributed by atoms with Gasteiger partial charge in [-0.25, -0.2) is 0 Å². The summed E-state index contributed by atoms with van der Waals surface area (Å²) in [6, 6.07) is 10.1. The van der Waals surface area contributed by atoms with Crippen molar-refractivity contribution in [2.24, 2.45) is 5.92 Å². The lowest BCUT2D eigenvalue weighted by molar-refractivity contribution is -0.135. The van der Waals surface area contributed by atoms with Crippen molar-refractivity contribution in [1.29, 1.82) is 0 Å². The first kappa shape index (κ1) is 16.5. The maximum atomic E-state index is 12.8. The van der Waals surface area contributed by atoms with Crippen LogP contribution in [0.5, 0.6) is 5.75 Å². The van der Waals surface area contributed by atoms with Crippen molar-refractivity contribution in [2.75, 3.05) is 0 Å². The predicted octanol–water partition coefficient (Wildman–Crippen LogP) is 4.77. The molecule has 0 saturated heterocycles. The highest BCUT2D eigenvalue weighted by Gasteiger charge is 2.22. The minimum Gasteiger partial charge on any atom is -0.449 e. The lowest BCUT2D eigenvalue weighted by Gasteiger charge is -2.09. The number of para-hydroxylation sites is 1. The molecule has 3 rings (SSSR count). The smallest absolute Gasteiger partial charge is 0.311 e. The molecule has 0 saturated carbocycles. The summed E-state index contributed by atoms with van der Waals surface area (Å²) in [6.07, 6.45) is 0.202. The van der Waals surface area contributed by atoms with E-state index >= 15 is 0 Å². The zero-order chi connectivity index (χ0) is 17.3. The number of carbonyl (C=O) groups excluding carboxylic acids is 1. The van der Waals surface area contributed by atoms with Gasteiger partial charge in [0.2, 0.25) is 16.9 Å². The van der Waals surface area contributed by atoms with Crippen LogP contribution in [0.15, 0.2) is 54.7 Å². The molecule has 0 aliphatic heterocycles. The molecular weight excluding hydrogens is 376 g/mol. The van der Waals surface area contributed by atoms with Crippen LogP contribution >= 0.6 is 15.9 Å². The first-order valence-corrected chi connectivity index (χ1v) is 8.27. The molecule has 0 unspecified atom stereocenters. The van der Waals surface area contributed by atoms with Crippen LogP contribution < -0.4 is 10.2 Å². The Morgan fingerprint density at radius 1 is 1.17 bits per heavy atom. The second-order valence-corrected chi connectivity index (χ2v) is 6.54. The Labute approximate surface area is 146 Å². The number of carbonyl (C=O) groups is 1. The fourth-order valence-electron chi connectivity index (χ4n) is 2.31. The largest absolute Gasteiger partial charge is 0.449 e. The van der Waals surface area contributed by atoms with Gasteiger partial charge in [-0.15, -0.1) is 0 Å². The van der Waals surface area contributed by atoms with Crippen LogP contribution in [-0.2, 0) is 4.79 Å². The lowest BCUT2D eigenvalue weighted by atomic mass is 10.1. The summed E-state index contributed by atoms with van der Waals surface area (Å²) in [7, 11) is 0. The van der Waals surface area contributed by atoms with Crippen LogP contribution in [0.25, 0.3) is 22.5 Å². The molecule has 6 heteroatoms. The standard InChI is InChI=1S/C18H15BrO5/c1-10(2)9-15(20)24-18-16(21)11-5-3-4-6-12(11)23-17(18)13-7-8-14(19)22-13/h3-8,10H,9H2,1-2H3. The van der Waals surface area contributed by atoms with Gasteiger partial charge in [0.25, 0.3) is 0 Å². The van der Waals surface area contributed by atoms with Crippen LogP contribution in [0.1, 0.15) is 20.3 Å². The summed E-state index contributed by atoms with van der Waals surface area (Å²) in [5, 5.41) is 0.346. The van der Waals surface area contributed by atoms with E-state index in [1.54, 1.807) is 36.4 Å². The SMILES string of the molecule is CC(C)CC(=O)Oc1c(-c2ccc(Br)o2)oc2ccccc2c1=O. The van der Waals surface area contributed by atoms with Gasteiger partial charge in [-0.3, -0.25) is 9.59 Å². The zero-order valence-electron chi connectivity index (χ0n) is 13.2. The number of ether oxygens (including phenoxy) is 1. The van der Waals surface area contributed by atoms with Gasteiger partial charge in [-0.1, -0.05) is 26.0 Å². The molecule has 0 spiro atoms. The third-order valence-electron chi connectivity index (χ3n) is 3.34. The highest BCUT2D eigenvalue weighted by Crippen LogP contribution is 2.33. The summed E-state index contributed by atoms with van der Waals surface area (Å²) in [4.78, 5) is 24.8. The van der Waals surface area contributed by atoms with Gasteiger partial charge in [0.15, 0.2) is 10.4 Å². The summed E-state index contributed by atoms with van der Waals surface area (Å²) in [5.74, 6) is -0.120. The molecule has 2 heterocycles. The van der Waals surface area contributed by atoms with Crippen molar-refractivity contribution < 1.29 is 18.4 Å². The highest BCUT2D eigenvalue weighted by atomic mass is 79.9. The molecule has 3 aromatic rings. The number of rotatable bonds is 4. The fraction of sp³-hybridized carbons (Fsp3) is 0.222. The van der Waals surface area contributed by atoms with Crippen LogP contribution in [0, 0.1) is 5.92 Å². The molecule has 0 fully saturated rings. The number of fused-ring (bicyclic) bond motifs is 1. The van der Waals surface area contributed by atoms with E-state index in [-0.39, 0.29) is 23.8 Å². The molecule has 0 aliphatic carbocycles. The Balaban J connectivity index is 2.18. The molecule has 1 aromatic carbocycles. The zero-order valence-corrected chi connectivity index (χ0v) is 14.8. The summed E-state index contributed by atoms with van der Waals surface area (Å²) >= 11 is 3.21. The minimum absolute atomic E-state index is 0.0986. The van der Waals surface area contributed by atoms with Crippen LogP contribution in [0.4, 0.5) is 0 Å². The number of esters is 1. The van der Waals surface area contributed by atoms with E-state index in [1.807, 2.05) is 13.8 Å². The topological polar surface area (TPSA) is 69.7 Å². The Morgan fingerprint density at radius 3 is 2.58 bits per heavy atom. The molecule has 0 amide bonds. The Morgan fingerprint density at radius 2 is 1.92 bits per heavy atom. The molecular formula is C18H15BrO5. The van der Waals surface area contributed by atoms with E-state index < -0.39 is 11.4 Å². The van der Waals surface area contributed by atoms with Crippen molar-refractivity contribution in [1.82, 2.24) is 0 Å². The third kappa shape index (κ3) is 3.28. The molecule has 0 aliphatic rings. The van der Waals surface area contributed by atoms with Crippen molar-refractivity contribution >= 4 is 32.9 Å². The van der Waals surface area contributed by atoms with Gasteiger partial charge in [-0.05, 0) is 46.1 Å². The first-order valence-electron chi connectivity index (χ1n) is 7.48. The van der Waals surface area contributed by atoms with Crippen molar-refractivity contribution in [3.63, 3.8) is 0 Å². The highest BCUT2D eigenvalue weighted by molar-refractivity contribution is 9.10. The molecule has 0 atom stereocenters. The van der Waals surface area contributed by atoms with E-state index in [2.05, 4.69) is 15.9 Å². The average molecular weight is 391 g/mol. The number of furan rings is 1. The summed E-state index contributed by atoms with van der Waals surface area (Å²) in [5.41, 5.74) is -0.00911. The minimum atomic E-state index is -0.487. The second kappa shape index (κ2) is 6.65. The predicted molar refractivity (Wildman–Crippen MR) is 93.0 cm³/mol. The summed E-state index contributed by atoms with van der Waals surface area (Å²) in [6.45, 7) is 3.80. The Hall–Kier alpha value is -2.34. The molecule has 0 N–H and O–H groups in total. The fourth-order valence-corrected chi connectivity index (χ4v) is 2.61. The van der Waals surface area contributed by atoms with E-state index in [4.69, 9.17) is 13.6 Å². The van der Waals surface area contributed by atoms with Gasteiger partial charge in [-0.2, -0.15) is 0 Å². The van der Waals surface area contributed by atoms with Crippen molar-refractivity contribution in [2.45, 2.75) is 20.3 Å². The Kier molecular flexibility index (Phi) is 4.57. The number of halogens is 1. The van der Waals surface area contributed by atoms with Gasteiger partial charge in [0.1, 0.15) is 5.58 Å². The molecule has 0 bridgehead atoms. The lowest BCUT2D eigenvalue weighted by Crippen LogP contribution is -2.17. The molecule has 5 nitrogen and oxygen atoms in total. The second-order valence-electron chi connectivity index (χ2n) is 5.76. The Bertz CT molecular complexity index is 951. The van der Waals surface area contributed by atoms with Crippen LogP contribution in [-0.4, -0.2) is 5.97 Å². The van der Waals surface area contributed by atoms with Crippen LogP contribution in [0.2, 0.25) is 0 Å². The van der Waals surface area contributed by atoms with Gasteiger partial charge < -0.3 is 13.6 Å². The maximum absolute atomic E-state index is 12.8. The van der Waals surface area contributed by atoms with E-state index in [0.717, 1.165) is 0 Å². The van der Waals surface area contributed by atoms with E-state index in [1.165, 1.54) is 0 Å². The average Bonchev–Trinajstić information content (AvgIpc) is 2.95. The first-order chi connectivity index (χ1) is 11.5. The van der Waals surface area contributed by atoms with Crippen molar-refractivity contribution in [3.05, 3.63) is 51.3 Å².